The minimum Gasteiger partial charge on any atom is -0.497 e. The summed E-state index contributed by atoms with van der Waals surface area (Å²) < 4.78 is 5.21. The van der Waals surface area contributed by atoms with Gasteiger partial charge in [0.1, 0.15) is 5.75 Å². The molecule has 1 aliphatic rings. The van der Waals surface area contributed by atoms with Gasteiger partial charge in [-0.1, -0.05) is 42.5 Å². The number of hydrogen-bond acceptors (Lipinski definition) is 2. The number of amides is 1. The van der Waals surface area contributed by atoms with Crippen LogP contribution in [0, 0.1) is 0 Å². The predicted octanol–water partition coefficient (Wildman–Crippen LogP) is 3.99. The van der Waals surface area contributed by atoms with Crippen LogP contribution in [-0.4, -0.2) is 24.5 Å². The fourth-order valence-electron chi connectivity index (χ4n) is 3.28. The lowest BCUT2D eigenvalue weighted by molar-refractivity contribution is -0.129. The number of nitrogens with zero attached hydrogens (tertiary/aromatic N) is 1. The van der Waals surface area contributed by atoms with Crippen LogP contribution in [0.25, 0.3) is 0 Å². The number of rotatable bonds is 6. The van der Waals surface area contributed by atoms with Gasteiger partial charge in [0.15, 0.2) is 0 Å². The summed E-state index contributed by atoms with van der Waals surface area (Å²) in [5.74, 6) is 1.13. The third-order valence-electron chi connectivity index (χ3n) is 4.54. The smallest absolute Gasteiger partial charge is 0.223 e. The highest BCUT2D eigenvalue weighted by Gasteiger charge is 2.31. The van der Waals surface area contributed by atoms with Gasteiger partial charge in [0.05, 0.1) is 13.2 Å². The van der Waals surface area contributed by atoms with E-state index in [-0.39, 0.29) is 11.9 Å². The van der Waals surface area contributed by atoms with Gasteiger partial charge < -0.3 is 9.64 Å². The first-order valence-corrected chi connectivity index (χ1v) is 8.25. The third-order valence-corrected chi connectivity index (χ3v) is 4.54. The van der Waals surface area contributed by atoms with Crippen LogP contribution in [-0.2, 0) is 11.2 Å². The fraction of sp³-hybridized carbons (Fsp3) is 0.350. The highest BCUT2D eigenvalue weighted by Crippen LogP contribution is 2.33. The van der Waals surface area contributed by atoms with Crippen LogP contribution in [0.4, 0.5) is 0 Å². The maximum absolute atomic E-state index is 12.2. The molecule has 1 heterocycles. The van der Waals surface area contributed by atoms with Gasteiger partial charge >= 0.3 is 0 Å². The number of benzene rings is 2. The molecule has 2 aromatic rings. The highest BCUT2D eigenvalue weighted by molar-refractivity contribution is 5.79. The Morgan fingerprint density at radius 1 is 1.09 bits per heavy atom. The Labute approximate surface area is 137 Å². The molecule has 1 amide bonds. The molecule has 0 saturated carbocycles. The average molecular weight is 309 g/mol. The van der Waals surface area contributed by atoms with Gasteiger partial charge in [-0.05, 0) is 42.5 Å². The Morgan fingerprint density at radius 3 is 2.52 bits per heavy atom. The van der Waals surface area contributed by atoms with Crippen molar-refractivity contribution in [3.05, 3.63) is 65.7 Å². The zero-order valence-electron chi connectivity index (χ0n) is 13.6. The van der Waals surface area contributed by atoms with E-state index in [1.165, 1.54) is 11.1 Å². The molecule has 23 heavy (non-hydrogen) atoms. The average Bonchev–Trinajstić information content (AvgIpc) is 2.97. The number of carbonyl (C=O) groups is 1. The van der Waals surface area contributed by atoms with Crippen LogP contribution in [0.5, 0.6) is 5.75 Å². The first-order chi connectivity index (χ1) is 11.3. The van der Waals surface area contributed by atoms with Gasteiger partial charge in [0.25, 0.3) is 0 Å². The summed E-state index contributed by atoms with van der Waals surface area (Å²) in [5.41, 5.74) is 2.54. The Balaban J connectivity index is 1.62. The standard InChI is InChI=1S/C20H23NO2/c1-23-18-11-9-17(10-12-18)19-13-14-20(22)21(19)15-5-8-16-6-3-2-4-7-16/h2-4,6-7,9-12,19H,5,8,13-15H2,1H3/t19-/m0/s1. The lowest BCUT2D eigenvalue weighted by Gasteiger charge is -2.25. The van der Waals surface area contributed by atoms with Crippen molar-refractivity contribution < 1.29 is 9.53 Å². The van der Waals surface area contributed by atoms with E-state index < -0.39 is 0 Å². The van der Waals surface area contributed by atoms with Crippen LogP contribution < -0.4 is 4.74 Å². The van der Waals surface area contributed by atoms with Gasteiger partial charge in [-0.25, -0.2) is 0 Å². The molecule has 0 spiro atoms. The maximum atomic E-state index is 12.2. The number of likely N-dealkylation sites (tertiary alicyclic amines) is 1. The number of carbonyl (C=O) groups excluding carboxylic acids is 1. The molecular weight excluding hydrogens is 286 g/mol. The lowest BCUT2D eigenvalue weighted by Crippen LogP contribution is -2.29. The van der Waals surface area contributed by atoms with E-state index in [9.17, 15) is 4.79 Å². The molecule has 0 N–H and O–H groups in total. The van der Waals surface area contributed by atoms with Gasteiger partial charge in [-0.15, -0.1) is 0 Å². The molecule has 0 aromatic heterocycles. The van der Waals surface area contributed by atoms with Crippen molar-refractivity contribution >= 4 is 5.91 Å². The zero-order valence-corrected chi connectivity index (χ0v) is 13.6. The molecule has 2 aromatic carbocycles. The lowest BCUT2D eigenvalue weighted by atomic mass is 10.0. The van der Waals surface area contributed by atoms with E-state index in [2.05, 4.69) is 36.4 Å². The first-order valence-electron chi connectivity index (χ1n) is 8.25. The van der Waals surface area contributed by atoms with Crippen molar-refractivity contribution in [1.29, 1.82) is 0 Å². The van der Waals surface area contributed by atoms with Crippen molar-refractivity contribution in [3.8, 4) is 5.75 Å². The fourth-order valence-corrected chi connectivity index (χ4v) is 3.28. The van der Waals surface area contributed by atoms with E-state index in [0.717, 1.165) is 31.6 Å². The number of hydrogen-bond donors (Lipinski definition) is 0. The highest BCUT2D eigenvalue weighted by atomic mass is 16.5. The Bertz CT molecular complexity index is 636. The second-order valence-corrected chi connectivity index (χ2v) is 6.00. The summed E-state index contributed by atoms with van der Waals surface area (Å²) in [4.78, 5) is 14.3. The van der Waals surface area contributed by atoms with Crippen LogP contribution >= 0.6 is 0 Å². The minimum atomic E-state index is 0.212. The zero-order chi connectivity index (χ0) is 16.1. The molecule has 0 bridgehead atoms. The van der Waals surface area contributed by atoms with E-state index >= 15 is 0 Å². The summed E-state index contributed by atoms with van der Waals surface area (Å²) in [5, 5.41) is 0. The van der Waals surface area contributed by atoms with Gasteiger partial charge in [-0.2, -0.15) is 0 Å². The summed E-state index contributed by atoms with van der Waals surface area (Å²) in [7, 11) is 1.67. The quantitative estimate of drug-likeness (QED) is 0.807. The molecule has 0 unspecified atom stereocenters. The van der Waals surface area contributed by atoms with Crippen molar-refractivity contribution in [3.63, 3.8) is 0 Å². The topological polar surface area (TPSA) is 29.5 Å². The van der Waals surface area contributed by atoms with Gasteiger partial charge in [0.2, 0.25) is 5.91 Å². The van der Waals surface area contributed by atoms with E-state index in [0.29, 0.717) is 6.42 Å². The Hall–Kier alpha value is -2.29. The SMILES string of the molecule is COc1ccc([C@@H]2CCC(=O)N2CCCc2ccccc2)cc1. The molecule has 0 radical (unpaired) electrons. The molecule has 1 atom stereocenters. The van der Waals surface area contributed by atoms with Crippen molar-refractivity contribution in [2.45, 2.75) is 31.7 Å². The van der Waals surface area contributed by atoms with Crippen LogP contribution in [0.1, 0.15) is 36.4 Å². The molecule has 0 aliphatic carbocycles. The van der Waals surface area contributed by atoms with Crippen molar-refractivity contribution in [1.82, 2.24) is 4.90 Å². The minimum absolute atomic E-state index is 0.212. The molecule has 3 heteroatoms. The van der Waals surface area contributed by atoms with Crippen LogP contribution in [0.2, 0.25) is 0 Å². The molecule has 120 valence electrons. The van der Waals surface area contributed by atoms with E-state index in [1.807, 2.05) is 23.1 Å². The summed E-state index contributed by atoms with van der Waals surface area (Å²) in [6.07, 6.45) is 3.58. The number of aryl methyl sites for hydroxylation is 1. The van der Waals surface area contributed by atoms with E-state index in [4.69, 9.17) is 4.74 Å². The molecule has 3 nitrogen and oxygen atoms in total. The van der Waals surface area contributed by atoms with Gasteiger partial charge in [0, 0.05) is 13.0 Å². The van der Waals surface area contributed by atoms with E-state index in [1.54, 1.807) is 7.11 Å². The van der Waals surface area contributed by atoms with Crippen molar-refractivity contribution in [2.24, 2.45) is 0 Å². The summed E-state index contributed by atoms with van der Waals surface area (Å²) in [6, 6.07) is 18.8. The third kappa shape index (κ3) is 3.73. The maximum Gasteiger partial charge on any atom is 0.223 e. The first kappa shape index (κ1) is 15.6. The summed E-state index contributed by atoms with van der Waals surface area (Å²) in [6.45, 7) is 0.824. The van der Waals surface area contributed by atoms with Gasteiger partial charge in [-0.3, -0.25) is 4.79 Å². The van der Waals surface area contributed by atoms with Crippen molar-refractivity contribution in [2.75, 3.05) is 13.7 Å². The monoisotopic (exact) mass is 309 g/mol. The molecule has 3 rings (SSSR count). The number of methoxy groups -OCH3 is 1. The van der Waals surface area contributed by atoms with Crippen LogP contribution in [0.15, 0.2) is 54.6 Å². The molecule has 1 aliphatic heterocycles. The molecular formula is C20H23NO2. The second kappa shape index (κ2) is 7.32. The van der Waals surface area contributed by atoms with Crippen LogP contribution in [0.3, 0.4) is 0 Å². The number of ether oxygens (including phenoxy) is 1. The predicted molar refractivity (Wildman–Crippen MR) is 91.4 cm³/mol. The largest absolute Gasteiger partial charge is 0.497 e. The second-order valence-electron chi connectivity index (χ2n) is 6.00. The normalized spacial score (nSPS) is 17.5. The molecule has 1 fully saturated rings. The Morgan fingerprint density at radius 2 is 1.83 bits per heavy atom. The molecule has 1 saturated heterocycles. The Kier molecular flexibility index (Phi) is 4.96. The summed E-state index contributed by atoms with van der Waals surface area (Å²) >= 11 is 0.